The normalized spacial score (nSPS) is 11.7. The summed E-state index contributed by atoms with van der Waals surface area (Å²) < 4.78 is 43.8. The van der Waals surface area contributed by atoms with Crippen molar-refractivity contribution in [1.29, 1.82) is 0 Å². The van der Waals surface area contributed by atoms with Gasteiger partial charge in [-0.2, -0.15) is 18.3 Å². The first-order valence-electron chi connectivity index (χ1n) is 8.30. The molecule has 0 aliphatic rings. The summed E-state index contributed by atoms with van der Waals surface area (Å²) in [6, 6.07) is 9.09. The number of hydrogen-bond donors (Lipinski definition) is 3. The van der Waals surface area contributed by atoms with Crippen molar-refractivity contribution < 1.29 is 23.0 Å². The molecule has 3 N–H and O–H groups in total. The van der Waals surface area contributed by atoms with E-state index in [0.29, 0.717) is 11.3 Å². The zero-order chi connectivity index (χ0) is 20.8. The predicted molar refractivity (Wildman–Crippen MR) is 98.6 cm³/mol. The Bertz CT molecular complexity index is 1280. The second-order valence-electron chi connectivity index (χ2n) is 6.20. The molecule has 7 nitrogen and oxygen atoms in total. The van der Waals surface area contributed by atoms with Crippen molar-refractivity contribution in [2.45, 2.75) is 6.18 Å². The van der Waals surface area contributed by atoms with Gasteiger partial charge in [0.2, 0.25) is 0 Å². The van der Waals surface area contributed by atoms with Crippen LogP contribution in [-0.4, -0.2) is 32.4 Å². The van der Waals surface area contributed by atoms with Gasteiger partial charge in [-0.1, -0.05) is 0 Å². The van der Waals surface area contributed by atoms with Crippen LogP contribution in [0, 0.1) is 0 Å². The number of benzene rings is 2. The van der Waals surface area contributed by atoms with E-state index >= 15 is 0 Å². The van der Waals surface area contributed by atoms with Gasteiger partial charge in [0.15, 0.2) is 11.5 Å². The predicted octanol–water partition coefficient (Wildman–Crippen LogP) is 3.71. The first-order chi connectivity index (χ1) is 13.8. The molecule has 10 heteroatoms. The molecule has 0 spiro atoms. The van der Waals surface area contributed by atoms with E-state index in [1.165, 1.54) is 31.4 Å². The number of fused-ring (bicyclic) bond motifs is 1. The average molecular weight is 402 g/mol. The molecule has 4 rings (SSSR count). The number of aromatic amines is 2. The first kappa shape index (κ1) is 18.5. The summed E-state index contributed by atoms with van der Waals surface area (Å²) in [5.41, 5.74) is 0.0695. The van der Waals surface area contributed by atoms with Crippen molar-refractivity contribution in [1.82, 2.24) is 20.2 Å². The third kappa shape index (κ3) is 3.40. The minimum absolute atomic E-state index is 0.0568. The molecule has 0 radical (unpaired) electrons. The number of phenols is 1. The molecule has 0 fully saturated rings. The monoisotopic (exact) mass is 402 g/mol. The number of nitrogens with one attached hydrogen (secondary N) is 2. The second kappa shape index (κ2) is 6.66. The number of H-pyrrole nitrogens is 2. The van der Waals surface area contributed by atoms with Gasteiger partial charge in [0.25, 0.3) is 5.56 Å². The highest BCUT2D eigenvalue weighted by Gasteiger charge is 2.30. The van der Waals surface area contributed by atoms with Crippen molar-refractivity contribution in [3.63, 3.8) is 0 Å². The lowest BCUT2D eigenvalue weighted by atomic mass is 10.1. The molecule has 0 bridgehead atoms. The Kier molecular flexibility index (Phi) is 4.26. The summed E-state index contributed by atoms with van der Waals surface area (Å²) in [5.74, 6) is 0.272. The molecule has 148 valence electrons. The van der Waals surface area contributed by atoms with Gasteiger partial charge in [-0.25, -0.2) is 10.1 Å². The van der Waals surface area contributed by atoms with E-state index < -0.39 is 17.3 Å². The summed E-state index contributed by atoms with van der Waals surface area (Å²) >= 11 is 0. The van der Waals surface area contributed by atoms with Crippen molar-refractivity contribution in [2.24, 2.45) is 0 Å². The van der Waals surface area contributed by atoms with Gasteiger partial charge in [0, 0.05) is 5.56 Å². The molecule has 0 amide bonds. The minimum atomic E-state index is -4.49. The van der Waals surface area contributed by atoms with E-state index in [9.17, 15) is 23.1 Å². The molecular formula is C19H13F3N4O3. The standard InChI is InChI=1S/C19H13F3N4O3/c1-29-16-6-9(2-5-15(16)27)13-8-11(18(28)26-25-13)17-23-12-4-3-10(19(20,21)22)7-14(12)24-17/h2-8,27H,1H3,(H,23,24)(H,26,28). The van der Waals surface area contributed by atoms with Crippen molar-refractivity contribution in [3.05, 3.63) is 58.4 Å². The number of halogens is 3. The maximum absolute atomic E-state index is 12.9. The van der Waals surface area contributed by atoms with Crippen LogP contribution in [0.1, 0.15) is 5.56 Å². The zero-order valence-electron chi connectivity index (χ0n) is 14.8. The minimum Gasteiger partial charge on any atom is -0.504 e. The fraction of sp³-hybridized carbons (Fsp3) is 0.105. The van der Waals surface area contributed by atoms with Gasteiger partial charge >= 0.3 is 6.18 Å². The Morgan fingerprint density at radius 3 is 2.62 bits per heavy atom. The Hall–Kier alpha value is -3.82. The lowest BCUT2D eigenvalue weighted by Gasteiger charge is -2.06. The topological polar surface area (TPSA) is 104 Å². The van der Waals surface area contributed by atoms with Crippen LogP contribution in [0.2, 0.25) is 0 Å². The van der Waals surface area contributed by atoms with Crippen LogP contribution in [-0.2, 0) is 6.18 Å². The summed E-state index contributed by atoms with van der Waals surface area (Å²) in [4.78, 5) is 19.2. The quantitative estimate of drug-likeness (QED) is 0.485. The Labute approximate surface area is 160 Å². The number of rotatable bonds is 3. The van der Waals surface area contributed by atoms with E-state index in [1.807, 2.05) is 0 Å². The van der Waals surface area contributed by atoms with Gasteiger partial charge < -0.3 is 14.8 Å². The van der Waals surface area contributed by atoms with Crippen LogP contribution in [0.15, 0.2) is 47.3 Å². The van der Waals surface area contributed by atoms with E-state index in [4.69, 9.17) is 4.74 Å². The van der Waals surface area contributed by atoms with Crippen LogP contribution < -0.4 is 10.3 Å². The van der Waals surface area contributed by atoms with Crippen molar-refractivity contribution >= 4 is 11.0 Å². The number of aromatic nitrogens is 4. The average Bonchev–Trinajstić information content (AvgIpc) is 3.11. The number of hydrogen-bond acceptors (Lipinski definition) is 5. The van der Waals surface area contributed by atoms with E-state index in [-0.39, 0.29) is 33.9 Å². The fourth-order valence-corrected chi connectivity index (χ4v) is 2.88. The van der Waals surface area contributed by atoms with Gasteiger partial charge in [-0.15, -0.1) is 0 Å². The molecule has 4 aromatic rings. The molecule has 0 saturated heterocycles. The summed E-state index contributed by atoms with van der Waals surface area (Å²) in [6.45, 7) is 0. The summed E-state index contributed by atoms with van der Waals surface area (Å²) in [7, 11) is 1.40. The van der Waals surface area contributed by atoms with E-state index in [1.54, 1.807) is 6.07 Å². The molecule has 0 saturated carbocycles. The third-order valence-electron chi connectivity index (χ3n) is 4.34. The smallest absolute Gasteiger partial charge is 0.416 e. The molecule has 0 aliphatic heterocycles. The maximum Gasteiger partial charge on any atom is 0.416 e. The molecule has 0 atom stereocenters. The van der Waals surface area contributed by atoms with Gasteiger partial charge in [-0.3, -0.25) is 4.79 Å². The molecule has 0 aliphatic carbocycles. The largest absolute Gasteiger partial charge is 0.504 e. The number of methoxy groups -OCH3 is 1. The van der Waals surface area contributed by atoms with Crippen LogP contribution >= 0.6 is 0 Å². The zero-order valence-corrected chi connectivity index (χ0v) is 14.8. The lowest BCUT2D eigenvalue weighted by molar-refractivity contribution is -0.137. The molecule has 2 aromatic heterocycles. The fourth-order valence-electron chi connectivity index (χ4n) is 2.88. The molecule has 29 heavy (non-hydrogen) atoms. The second-order valence-corrected chi connectivity index (χ2v) is 6.20. The van der Waals surface area contributed by atoms with Crippen LogP contribution in [0.25, 0.3) is 33.7 Å². The van der Waals surface area contributed by atoms with E-state index in [2.05, 4.69) is 20.2 Å². The van der Waals surface area contributed by atoms with Gasteiger partial charge in [0.05, 0.1) is 35.0 Å². The maximum atomic E-state index is 12.9. The highest BCUT2D eigenvalue weighted by Crippen LogP contribution is 2.33. The highest BCUT2D eigenvalue weighted by atomic mass is 19.4. The van der Waals surface area contributed by atoms with Crippen molar-refractivity contribution in [2.75, 3.05) is 7.11 Å². The Morgan fingerprint density at radius 1 is 1.10 bits per heavy atom. The van der Waals surface area contributed by atoms with E-state index in [0.717, 1.165) is 12.1 Å². The molecular weight excluding hydrogens is 389 g/mol. The molecule has 2 aromatic carbocycles. The third-order valence-corrected chi connectivity index (χ3v) is 4.34. The summed E-state index contributed by atoms with van der Waals surface area (Å²) in [6.07, 6.45) is -4.49. The number of nitrogens with zero attached hydrogens (tertiary/aromatic N) is 2. The number of phenolic OH excluding ortho intramolecular Hbond substituents is 1. The Balaban J connectivity index is 1.81. The lowest BCUT2D eigenvalue weighted by Crippen LogP contribution is -2.12. The van der Waals surface area contributed by atoms with Crippen LogP contribution in [0.3, 0.4) is 0 Å². The van der Waals surface area contributed by atoms with Crippen LogP contribution in [0.4, 0.5) is 13.2 Å². The molecule has 2 heterocycles. The Morgan fingerprint density at radius 2 is 1.90 bits per heavy atom. The number of alkyl halides is 3. The number of aromatic hydroxyl groups is 1. The SMILES string of the molecule is COc1cc(-c2cc(-c3nc4ccc(C(F)(F)F)cc4[nH]3)c(=O)[nH]n2)ccc1O. The van der Waals surface area contributed by atoms with Gasteiger partial charge in [0.1, 0.15) is 5.82 Å². The summed E-state index contributed by atoms with van der Waals surface area (Å²) in [5, 5.41) is 16.0. The highest BCUT2D eigenvalue weighted by molar-refractivity contribution is 5.80. The molecule has 0 unspecified atom stereocenters. The first-order valence-corrected chi connectivity index (χ1v) is 8.30. The van der Waals surface area contributed by atoms with Crippen LogP contribution in [0.5, 0.6) is 11.5 Å². The van der Waals surface area contributed by atoms with Crippen molar-refractivity contribution in [3.8, 4) is 34.1 Å². The number of imidazole rings is 1. The number of ether oxygens (including phenoxy) is 1. The van der Waals surface area contributed by atoms with Gasteiger partial charge in [-0.05, 0) is 42.5 Å².